The number of nitrogens with zero attached hydrogens (tertiary/aromatic N) is 1. The fourth-order valence-electron chi connectivity index (χ4n) is 2.49. The first kappa shape index (κ1) is 15.5. The lowest BCUT2D eigenvalue weighted by atomic mass is 10.2. The van der Waals surface area contributed by atoms with Gasteiger partial charge in [-0.15, -0.1) is 0 Å². The largest absolute Gasteiger partial charge is 0.390 e. The minimum atomic E-state index is -3.49. The quantitative estimate of drug-likeness (QED) is 0.770. The van der Waals surface area contributed by atoms with Crippen LogP contribution >= 0.6 is 0 Å². The molecule has 6 heteroatoms. The molecule has 2 rings (SSSR count). The fourth-order valence-corrected chi connectivity index (χ4v) is 3.81. The average Bonchev–Trinajstić information content (AvgIpc) is 3.06. The number of aryl methyl sites for hydroxylation is 1. The van der Waals surface area contributed by atoms with Crippen molar-refractivity contribution in [1.29, 1.82) is 0 Å². The molecule has 2 N–H and O–H groups in total. The van der Waals surface area contributed by atoms with Gasteiger partial charge in [-0.3, -0.25) is 0 Å². The molecule has 0 spiro atoms. The molecule has 0 amide bonds. The van der Waals surface area contributed by atoms with Crippen LogP contribution in [0.2, 0.25) is 0 Å². The average molecular weight is 300 g/mol. The predicted octanol–water partition coefficient (Wildman–Crippen LogP) is 1.86. The number of aliphatic hydroxyl groups excluding tert-OH is 1. The third kappa shape index (κ3) is 3.84. The summed E-state index contributed by atoms with van der Waals surface area (Å²) in [6, 6.07) is 1.52. The van der Waals surface area contributed by atoms with Crippen LogP contribution < -0.4 is 4.72 Å². The van der Waals surface area contributed by atoms with E-state index in [2.05, 4.69) is 4.72 Å². The highest BCUT2D eigenvalue weighted by atomic mass is 32.2. The second kappa shape index (κ2) is 6.28. The second-order valence-corrected chi connectivity index (χ2v) is 7.43. The maximum absolute atomic E-state index is 12.3. The molecule has 1 aliphatic carbocycles. The number of nitrogens with one attached hydrogen (secondary N) is 1. The standard InChI is InChI=1S/C14H24N2O3S/c1-3-6-16-9-14(8-13(16)10-17)20(18,19)15-11(2)7-12-4-5-12/h8-9,11-12,15,17H,3-7,10H2,1-2H3. The molecule has 1 aromatic heterocycles. The number of aliphatic hydroxyl groups is 1. The van der Waals surface area contributed by atoms with E-state index in [0.717, 1.165) is 12.8 Å². The summed E-state index contributed by atoms with van der Waals surface area (Å²) >= 11 is 0. The molecular weight excluding hydrogens is 276 g/mol. The van der Waals surface area contributed by atoms with Crippen LogP contribution in [0.1, 0.15) is 45.2 Å². The van der Waals surface area contributed by atoms with Crippen LogP contribution in [0.15, 0.2) is 17.2 Å². The van der Waals surface area contributed by atoms with E-state index in [9.17, 15) is 13.5 Å². The van der Waals surface area contributed by atoms with Crippen LogP contribution in [0.3, 0.4) is 0 Å². The number of aromatic nitrogens is 1. The minimum Gasteiger partial charge on any atom is -0.390 e. The first-order valence-corrected chi connectivity index (χ1v) is 8.76. The Hall–Kier alpha value is -0.850. The zero-order valence-corrected chi connectivity index (χ0v) is 13.0. The van der Waals surface area contributed by atoms with Crippen molar-refractivity contribution < 1.29 is 13.5 Å². The molecule has 0 aliphatic heterocycles. The van der Waals surface area contributed by atoms with E-state index >= 15 is 0 Å². The zero-order chi connectivity index (χ0) is 14.8. The van der Waals surface area contributed by atoms with Gasteiger partial charge in [-0.2, -0.15) is 0 Å². The first-order valence-electron chi connectivity index (χ1n) is 7.28. The summed E-state index contributed by atoms with van der Waals surface area (Å²) in [4.78, 5) is 0.248. The monoisotopic (exact) mass is 300 g/mol. The number of sulfonamides is 1. The van der Waals surface area contributed by atoms with Crippen molar-refractivity contribution in [3.05, 3.63) is 18.0 Å². The van der Waals surface area contributed by atoms with E-state index in [1.165, 1.54) is 12.8 Å². The van der Waals surface area contributed by atoms with Gasteiger partial charge in [0.15, 0.2) is 0 Å². The lowest BCUT2D eigenvalue weighted by molar-refractivity contribution is 0.270. The summed E-state index contributed by atoms with van der Waals surface area (Å²) in [6.07, 6.45) is 5.84. The Morgan fingerprint density at radius 3 is 2.75 bits per heavy atom. The van der Waals surface area contributed by atoms with Crippen molar-refractivity contribution in [2.75, 3.05) is 0 Å². The van der Waals surface area contributed by atoms with Crippen molar-refractivity contribution in [3.8, 4) is 0 Å². The van der Waals surface area contributed by atoms with Gasteiger partial charge >= 0.3 is 0 Å². The molecule has 0 bridgehead atoms. The summed E-state index contributed by atoms with van der Waals surface area (Å²) in [5, 5.41) is 9.30. The normalized spacial score (nSPS) is 17.4. The predicted molar refractivity (Wildman–Crippen MR) is 77.8 cm³/mol. The highest BCUT2D eigenvalue weighted by Gasteiger charge is 2.26. The molecule has 1 aromatic rings. The lowest BCUT2D eigenvalue weighted by Crippen LogP contribution is -2.32. The van der Waals surface area contributed by atoms with E-state index in [1.54, 1.807) is 16.8 Å². The third-order valence-electron chi connectivity index (χ3n) is 3.64. The zero-order valence-electron chi connectivity index (χ0n) is 12.2. The van der Waals surface area contributed by atoms with Crippen molar-refractivity contribution in [1.82, 2.24) is 9.29 Å². The van der Waals surface area contributed by atoms with Gasteiger partial charge in [-0.05, 0) is 31.7 Å². The Kier molecular flexibility index (Phi) is 4.88. The van der Waals surface area contributed by atoms with Crippen LogP contribution in [-0.4, -0.2) is 24.1 Å². The van der Waals surface area contributed by atoms with E-state index < -0.39 is 10.0 Å². The van der Waals surface area contributed by atoms with Crippen LogP contribution in [-0.2, 0) is 23.2 Å². The molecule has 1 fully saturated rings. The molecule has 20 heavy (non-hydrogen) atoms. The molecule has 1 atom stereocenters. The number of hydrogen-bond acceptors (Lipinski definition) is 3. The van der Waals surface area contributed by atoms with Gasteiger partial charge in [-0.25, -0.2) is 13.1 Å². The molecule has 0 aromatic carbocycles. The Morgan fingerprint density at radius 1 is 1.50 bits per heavy atom. The van der Waals surface area contributed by atoms with Crippen molar-refractivity contribution in [2.45, 2.75) is 63.6 Å². The van der Waals surface area contributed by atoms with Gasteiger partial charge in [0.05, 0.1) is 11.5 Å². The summed E-state index contributed by atoms with van der Waals surface area (Å²) in [5.74, 6) is 0.686. The van der Waals surface area contributed by atoms with Gasteiger partial charge < -0.3 is 9.67 Å². The van der Waals surface area contributed by atoms with E-state index in [-0.39, 0.29) is 17.5 Å². The summed E-state index contributed by atoms with van der Waals surface area (Å²) < 4.78 is 29.2. The maximum atomic E-state index is 12.3. The van der Waals surface area contributed by atoms with Gasteiger partial charge in [-0.1, -0.05) is 19.8 Å². The smallest absolute Gasteiger partial charge is 0.242 e. The third-order valence-corrected chi connectivity index (χ3v) is 5.19. The van der Waals surface area contributed by atoms with Crippen LogP contribution in [0, 0.1) is 5.92 Å². The molecule has 0 radical (unpaired) electrons. The highest BCUT2D eigenvalue weighted by Crippen LogP contribution is 2.33. The van der Waals surface area contributed by atoms with Gasteiger partial charge in [0.2, 0.25) is 10.0 Å². The maximum Gasteiger partial charge on any atom is 0.242 e. The molecule has 114 valence electrons. The van der Waals surface area contributed by atoms with Crippen LogP contribution in [0.4, 0.5) is 0 Å². The Bertz CT molecular complexity index is 547. The molecular formula is C14H24N2O3S. The van der Waals surface area contributed by atoms with Gasteiger partial charge in [0.1, 0.15) is 0 Å². The summed E-state index contributed by atoms with van der Waals surface area (Å²) in [6.45, 7) is 4.49. The topological polar surface area (TPSA) is 71.3 Å². The molecule has 5 nitrogen and oxygen atoms in total. The SMILES string of the molecule is CCCn1cc(S(=O)(=O)NC(C)CC2CC2)cc1CO. The highest BCUT2D eigenvalue weighted by molar-refractivity contribution is 7.89. The fraction of sp³-hybridized carbons (Fsp3) is 0.714. The Morgan fingerprint density at radius 2 is 2.20 bits per heavy atom. The summed E-state index contributed by atoms with van der Waals surface area (Å²) in [5.41, 5.74) is 0.641. The molecule has 0 saturated heterocycles. The number of rotatable bonds is 8. The lowest BCUT2D eigenvalue weighted by Gasteiger charge is -2.12. The Labute approximate surface area is 121 Å². The van der Waals surface area contributed by atoms with Crippen LogP contribution in [0.25, 0.3) is 0 Å². The Balaban J connectivity index is 2.11. The van der Waals surface area contributed by atoms with Crippen molar-refractivity contribution >= 4 is 10.0 Å². The van der Waals surface area contributed by atoms with Crippen molar-refractivity contribution in [2.24, 2.45) is 5.92 Å². The second-order valence-electron chi connectivity index (χ2n) is 5.72. The van der Waals surface area contributed by atoms with E-state index in [4.69, 9.17) is 0 Å². The molecule has 1 heterocycles. The first-order chi connectivity index (χ1) is 9.46. The van der Waals surface area contributed by atoms with Gasteiger partial charge in [0, 0.05) is 24.5 Å². The van der Waals surface area contributed by atoms with Crippen molar-refractivity contribution in [3.63, 3.8) is 0 Å². The minimum absolute atomic E-state index is 0.0420. The molecule has 1 unspecified atom stereocenters. The van der Waals surface area contributed by atoms with E-state index in [1.807, 2.05) is 13.8 Å². The molecule has 1 aliphatic rings. The summed E-state index contributed by atoms with van der Waals surface area (Å²) in [7, 11) is -3.49. The van der Waals surface area contributed by atoms with Crippen LogP contribution in [0.5, 0.6) is 0 Å². The van der Waals surface area contributed by atoms with E-state index in [0.29, 0.717) is 18.2 Å². The molecule has 1 saturated carbocycles. The number of hydrogen-bond donors (Lipinski definition) is 2. The van der Waals surface area contributed by atoms with Gasteiger partial charge in [0.25, 0.3) is 0 Å².